The molecule has 3 rings (SSSR count). The van der Waals surface area contributed by atoms with E-state index in [-0.39, 0.29) is 0 Å². The van der Waals surface area contributed by atoms with E-state index in [1.54, 1.807) is 11.3 Å². The van der Waals surface area contributed by atoms with E-state index in [1.807, 2.05) is 42.5 Å². The number of aldehydes is 1. The molecule has 0 atom stereocenters. The van der Waals surface area contributed by atoms with Gasteiger partial charge in [-0.05, 0) is 36.4 Å². The fourth-order valence-corrected chi connectivity index (χ4v) is 2.89. The molecule has 1 heterocycles. The smallest absolute Gasteiger partial charge is 0.124 e. The molecule has 2 aromatic carbocycles. The monoisotopic (exact) mass is 283 g/mol. The molecule has 4 heteroatoms. The van der Waals surface area contributed by atoms with Crippen LogP contribution < -0.4 is 4.74 Å². The third-order valence-corrected chi connectivity index (χ3v) is 3.99. The van der Waals surface area contributed by atoms with Crippen LogP contribution in [0.25, 0.3) is 20.8 Å². The number of hydrogen-bond donors (Lipinski definition) is 0. The fraction of sp³-hybridized carbons (Fsp3) is 0.125. The first-order valence-corrected chi connectivity index (χ1v) is 7.21. The average molecular weight is 283 g/mol. The number of thiazole rings is 1. The van der Waals surface area contributed by atoms with Crippen molar-refractivity contribution in [2.45, 2.75) is 6.42 Å². The second-order valence-corrected chi connectivity index (χ2v) is 5.35. The van der Waals surface area contributed by atoms with Crippen LogP contribution in [0.5, 0.6) is 5.75 Å². The largest absolute Gasteiger partial charge is 0.493 e. The molecule has 0 fully saturated rings. The summed E-state index contributed by atoms with van der Waals surface area (Å²) in [5.74, 6) is 0.775. The van der Waals surface area contributed by atoms with Crippen LogP contribution >= 0.6 is 11.3 Å². The predicted molar refractivity (Wildman–Crippen MR) is 81.2 cm³/mol. The first-order valence-electron chi connectivity index (χ1n) is 6.39. The Morgan fingerprint density at radius 1 is 1.10 bits per heavy atom. The van der Waals surface area contributed by atoms with Gasteiger partial charge in [0, 0.05) is 12.0 Å². The molecule has 0 aliphatic heterocycles. The third-order valence-electron chi connectivity index (χ3n) is 2.90. The quantitative estimate of drug-likeness (QED) is 0.526. The normalized spacial score (nSPS) is 10.6. The second-order valence-electron chi connectivity index (χ2n) is 4.31. The van der Waals surface area contributed by atoms with Crippen LogP contribution in [0.2, 0.25) is 0 Å². The van der Waals surface area contributed by atoms with Gasteiger partial charge >= 0.3 is 0 Å². The summed E-state index contributed by atoms with van der Waals surface area (Å²) < 4.78 is 6.64. The Bertz CT molecular complexity index is 686. The molecule has 0 N–H and O–H groups in total. The van der Waals surface area contributed by atoms with Gasteiger partial charge in [-0.3, -0.25) is 0 Å². The van der Waals surface area contributed by atoms with Gasteiger partial charge in [-0.2, -0.15) is 0 Å². The summed E-state index contributed by atoms with van der Waals surface area (Å²) in [7, 11) is 0. The molecule has 0 radical (unpaired) electrons. The van der Waals surface area contributed by atoms with Gasteiger partial charge in [0.25, 0.3) is 0 Å². The number of carbonyl (C=O) groups is 1. The molecule has 0 amide bonds. The molecule has 3 aromatic rings. The highest BCUT2D eigenvalue weighted by Crippen LogP contribution is 2.30. The molecule has 0 aliphatic rings. The number of para-hydroxylation sites is 1. The highest BCUT2D eigenvalue weighted by Gasteiger charge is 2.05. The summed E-state index contributed by atoms with van der Waals surface area (Å²) in [4.78, 5) is 14.9. The number of hydrogen-bond acceptors (Lipinski definition) is 4. The minimum absolute atomic E-state index is 0.416. The van der Waals surface area contributed by atoms with Gasteiger partial charge in [-0.15, -0.1) is 11.3 Å². The van der Waals surface area contributed by atoms with Crippen molar-refractivity contribution in [3.8, 4) is 16.3 Å². The number of benzene rings is 2. The number of rotatable bonds is 5. The van der Waals surface area contributed by atoms with Crippen LogP contribution in [-0.2, 0) is 4.79 Å². The van der Waals surface area contributed by atoms with Crippen LogP contribution in [-0.4, -0.2) is 17.9 Å². The van der Waals surface area contributed by atoms with E-state index in [2.05, 4.69) is 11.1 Å². The van der Waals surface area contributed by atoms with Gasteiger partial charge in [0.1, 0.15) is 17.0 Å². The first kappa shape index (κ1) is 12.8. The minimum atomic E-state index is 0.416. The van der Waals surface area contributed by atoms with Crippen molar-refractivity contribution >= 4 is 27.8 Å². The summed E-state index contributed by atoms with van der Waals surface area (Å²) in [6, 6.07) is 15.9. The topological polar surface area (TPSA) is 39.2 Å². The Balaban J connectivity index is 1.81. The van der Waals surface area contributed by atoms with Crippen molar-refractivity contribution in [1.82, 2.24) is 4.98 Å². The van der Waals surface area contributed by atoms with Crippen LogP contribution in [0, 0.1) is 0 Å². The molecule has 3 nitrogen and oxygen atoms in total. The van der Waals surface area contributed by atoms with Crippen LogP contribution in [0.1, 0.15) is 6.42 Å². The summed E-state index contributed by atoms with van der Waals surface area (Å²) in [6.45, 7) is 0.421. The van der Waals surface area contributed by atoms with Crippen molar-refractivity contribution < 1.29 is 9.53 Å². The number of nitrogens with zero attached hydrogens (tertiary/aromatic N) is 1. The number of aromatic nitrogens is 1. The van der Waals surface area contributed by atoms with E-state index in [0.29, 0.717) is 13.0 Å². The Morgan fingerprint density at radius 3 is 2.65 bits per heavy atom. The third kappa shape index (κ3) is 2.70. The number of carbonyl (C=O) groups excluding carboxylic acids is 1. The lowest BCUT2D eigenvalue weighted by molar-refractivity contribution is -0.108. The van der Waals surface area contributed by atoms with Gasteiger partial charge in [-0.25, -0.2) is 4.98 Å². The number of fused-ring (bicyclic) bond motifs is 1. The van der Waals surface area contributed by atoms with Crippen molar-refractivity contribution in [2.24, 2.45) is 0 Å². The lowest BCUT2D eigenvalue weighted by Crippen LogP contribution is -1.97. The molecule has 0 aliphatic carbocycles. The van der Waals surface area contributed by atoms with E-state index in [0.717, 1.165) is 28.1 Å². The summed E-state index contributed by atoms with van der Waals surface area (Å²) in [5, 5.41) is 1.01. The molecule has 0 saturated heterocycles. The molecule has 0 saturated carbocycles. The standard InChI is InChI=1S/C16H13NO2S/c18-10-3-11-19-13-8-6-12(7-9-13)16-17-14-4-1-2-5-15(14)20-16/h1-2,4-10H,3,11H2. The molecular weight excluding hydrogens is 270 g/mol. The average Bonchev–Trinajstić information content (AvgIpc) is 2.92. The van der Waals surface area contributed by atoms with Crippen molar-refractivity contribution in [1.29, 1.82) is 0 Å². The molecule has 1 aromatic heterocycles. The highest BCUT2D eigenvalue weighted by atomic mass is 32.1. The zero-order valence-electron chi connectivity index (χ0n) is 10.8. The van der Waals surface area contributed by atoms with E-state index < -0.39 is 0 Å². The van der Waals surface area contributed by atoms with Crippen LogP contribution in [0.15, 0.2) is 48.5 Å². The van der Waals surface area contributed by atoms with Gasteiger partial charge in [-0.1, -0.05) is 12.1 Å². The van der Waals surface area contributed by atoms with Crippen LogP contribution in [0.4, 0.5) is 0 Å². The SMILES string of the molecule is O=CCCOc1ccc(-c2nc3ccccc3s2)cc1. The van der Waals surface area contributed by atoms with Crippen molar-refractivity contribution in [3.63, 3.8) is 0 Å². The summed E-state index contributed by atoms with van der Waals surface area (Å²) in [5.41, 5.74) is 2.10. The molecule has 0 spiro atoms. The molecule has 100 valence electrons. The Kier molecular flexibility index (Phi) is 3.74. The van der Waals surface area contributed by atoms with Gasteiger partial charge in [0.2, 0.25) is 0 Å². The predicted octanol–water partition coefficient (Wildman–Crippen LogP) is 3.93. The maximum atomic E-state index is 10.2. The lowest BCUT2D eigenvalue weighted by Gasteiger charge is -2.04. The summed E-state index contributed by atoms with van der Waals surface area (Å²) in [6.07, 6.45) is 1.27. The maximum Gasteiger partial charge on any atom is 0.124 e. The molecular formula is C16H13NO2S. The molecule has 0 bridgehead atoms. The minimum Gasteiger partial charge on any atom is -0.493 e. The first-order chi connectivity index (χ1) is 9.86. The molecule has 20 heavy (non-hydrogen) atoms. The van der Waals surface area contributed by atoms with E-state index in [4.69, 9.17) is 4.74 Å². The Morgan fingerprint density at radius 2 is 1.90 bits per heavy atom. The molecule has 0 unspecified atom stereocenters. The van der Waals surface area contributed by atoms with E-state index in [1.165, 1.54) is 4.70 Å². The zero-order chi connectivity index (χ0) is 13.8. The zero-order valence-corrected chi connectivity index (χ0v) is 11.6. The Hall–Kier alpha value is -2.20. The van der Waals surface area contributed by atoms with E-state index >= 15 is 0 Å². The van der Waals surface area contributed by atoms with Crippen LogP contribution in [0.3, 0.4) is 0 Å². The van der Waals surface area contributed by atoms with Gasteiger partial charge < -0.3 is 9.53 Å². The Labute approximate surface area is 120 Å². The summed E-state index contributed by atoms with van der Waals surface area (Å²) >= 11 is 1.68. The van der Waals surface area contributed by atoms with Gasteiger partial charge in [0.15, 0.2) is 0 Å². The number of ether oxygens (including phenoxy) is 1. The van der Waals surface area contributed by atoms with Crippen molar-refractivity contribution in [3.05, 3.63) is 48.5 Å². The lowest BCUT2D eigenvalue weighted by atomic mass is 10.2. The maximum absolute atomic E-state index is 10.2. The fourth-order valence-electron chi connectivity index (χ4n) is 1.91. The van der Waals surface area contributed by atoms with Crippen molar-refractivity contribution in [2.75, 3.05) is 6.61 Å². The van der Waals surface area contributed by atoms with Gasteiger partial charge in [0.05, 0.1) is 16.8 Å². The van der Waals surface area contributed by atoms with E-state index in [9.17, 15) is 4.79 Å². The second kappa shape index (κ2) is 5.84. The highest BCUT2D eigenvalue weighted by molar-refractivity contribution is 7.21.